The molecular formula is C11H25NO2. The minimum absolute atomic E-state index is 0.557. The zero-order chi connectivity index (χ0) is 11.1. The lowest BCUT2D eigenvalue weighted by molar-refractivity contribution is -0.000158. The Hall–Kier alpha value is -0.120. The maximum absolute atomic E-state index is 9.56. The highest BCUT2D eigenvalue weighted by Gasteiger charge is 2.15. The molecule has 0 bridgehead atoms. The minimum atomic E-state index is -0.614. The summed E-state index contributed by atoms with van der Waals surface area (Å²) in [5.74, 6) is 0.686. The number of likely N-dealkylation sites (N-methyl/N-ethyl adjacent to an activating group) is 1. The molecule has 86 valence electrons. The lowest BCUT2D eigenvalue weighted by Gasteiger charge is -2.23. The zero-order valence-electron chi connectivity index (χ0n) is 9.90. The molecule has 0 spiro atoms. The van der Waals surface area contributed by atoms with Gasteiger partial charge in [0.25, 0.3) is 0 Å². The molecule has 0 amide bonds. The van der Waals surface area contributed by atoms with E-state index >= 15 is 0 Å². The van der Waals surface area contributed by atoms with Crippen molar-refractivity contribution in [2.24, 2.45) is 5.92 Å². The van der Waals surface area contributed by atoms with Gasteiger partial charge in [0.1, 0.15) is 0 Å². The number of aliphatic hydroxyl groups is 2. The molecule has 2 unspecified atom stereocenters. The van der Waals surface area contributed by atoms with Crippen LogP contribution in [-0.4, -0.2) is 47.5 Å². The lowest BCUT2D eigenvalue weighted by Crippen LogP contribution is -2.37. The monoisotopic (exact) mass is 203 g/mol. The fraction of sp³-hybridized carbons (Fsp3) is 1.00. The summed E-state index contributed by atoms with van der Waals surface area (Å²) in [5, 5.41) is 18.9. The SMILES string of the molecule is CCC(O)C(O)CN(C)CCC(C)C. The number of rotatable bonds is 7. The van der Waals surface area contributed by atoms with Gasteiger partial charge in [-0.2, -0.15) is 0 Å². The maximum Gasteiger partial charge on any atom is 0.0925 e. The van der Waals surface area contributed by atoms with Gasteiger partial charge in [-0.15, -0.1) is 0 Å². The van der Waals surface area contributed by atoms with Gasteiger partial charge < -0.3 is 15.1 Å². The normalized spacial score (nSPS) is 16.3. The Morgan fingerprint density at radius 3 is 2.14 bits per heavy atom. The molecule has 2 atom stereocenters. The maximum atomic E-state index is 9.56. The van der Waals surface area contributed by atoms with Gasteiger partial charge in [0.15, 0.2) is 0 Å². The number of hydrogen-bond donors (Lipinski definition) is 2. The Bertz CT molecular complexity index is 139. The van der Waals surface area contributed by atoms with Crippen molar-refractivity contribution in [1.82, 2.24) is 4.90 Å². The van der Waals surface area contributed by atoms with Crippen LogP contribution in [0.25, 0.3) is 0 Å². The summed E-state index contributed by atoms with van der Waals surface area (Å²) < 4.78 is 0. The molecule has 0 rings (SSSR count). The van der Waals surface area contributed by atoms with Gasteiger partial charge in [0, 0.05) is 6.54 Å². The zero-order valence-corrected chi connectivity index (χ0v) is 9.90. The quantitative estimate of drug-likeness (QED) is 0.651. The van der Waals surface area contributed by atoms with Gasteiger partial charge in [-0.1, -0.05) is 20.8 Å². The standard InChI is InChI=1S/C11H25NO2/c1-5-10(13)11(14)8-12(4)7-6-9(2)3/h9-11,13-14H,5-8H2,1-4H3. The van der Waals surface area contributed by atoms with Crippen LogP contribution in [0.4, 0.5) is 0 Å². The summed E-state index contributed by atoms with van der Waals surface area (Å²) in [7, 11) is 1.98. The molecule has 0 aromatic rings. The molecule has 0 saturated carbocycles. The first-order chi connectivity index (χ1) is 6.47. The van der Waals surface area contributed by atoms with Crippen molar-refractivity contribution in [2.45, 2.75) is 45.8 Å². The first kappa shape index (κ1) is 13.9. The second-order valence-electron chi connectivity index (χ2n) is 4.49. The lowest BCUT2D eigenvalue weighted by atomic mass is 10.1. The molecule has 3 nitrogen and oxygen atoms in total. The van der Waals surface area contributed by atoms with Crippen LogP contribution in [0.2, 0.25) is 0 Å². The van der Waals surface area contributed by atoms with E-state index in [1.165, 1.54) is 0 Å². The molecule has 0 aliphatic carbocycles. The van der Waals surface area contributed by atoms with Crippen molar-refractivity contribution in [3.63, 3.8) is 0 Å². The minimum Gasteiger partial charge on any atom is -0.390 e. The highest BCUT2D eigenvalue weighted by atomic mass is 16.3. The summed E-state index contributed by atoms with van der Waals surface area (Å²) in [6, 6.07) is 0. The molecule has 0 aromatic heterocycles. The van der Waals surface area contributed by atoms with Crippen molar-refractivity contribution in [1.29, 1.82) is 0 Å². The second-order valence-corrected chi connectivity index (χ2v) is 4.49. The van der Waals surface area contributed by atoms with Crippen LogP contribution in [-0.2, 0) is 0 Å². The Kier molecular flexibility index (Phi) is 7.15. The summed E-state index contributed by atoms with van der Waals surface area (Å²) in [5.41, 5.74) is 0. The summed E-state index contributed by atoms with van der Waals surface area (Å²) in [6.07, 6.45) is 0.540. The predicted molar refractivity (Wildman–Crippen MR) is 59.3 cm³/mol. The van der Waals surface area contributed by atoms with Crippen LogP contribution in [0.15, 0.2) is 0 Å². The molecule has 0 heterocycles. The van der Waals surface area contributed by atoms with Crippen LogP contribution in [0.5, 0.6) is 0 Å². The number of aliphatic hydroxyl groups excluding tert-OH is 2. The van der Waals surface area contributed by atoms with Crippen LogP contribution < -0.4 is 0 Å². The highest BCUT2D eigenvalue weighted by Crippen LogP contribution is 2.04. The van der Waals surface area contributed by atoms with Gasteiger partial charge in [-0.3, -0.25) is 0 Å². The van der Waals surface area contributed by atoms with Crippen molar-refractivity contribution < 1.29 is 10.2 Å². The number of nitrogens with zero attached hydrogens (tertiary/aromatic N) is 1. The predicted octanol–water partition coefficient (Wildman–Crippen LogP) is 1.10. The van der Waals surface area contributed by atoms with Crippen LogP contribution in [0.3, 0.4) is 0 Å². The van der Waals surface area contributed by atoms with E-state index in [1.54, 1.807) is 0 Å². The Labute approximate surface area is 87.7 Å². The fourth-order valence-electron chi connectivity index (χ4n) is 1.28. The van der Waals surface area contributed by atoms with Gasteiger partial charge in [0.05, 0.1) is 12.2 Å². The molecule has 0 aromatic carbocycles. The van der Waals surface area contributed by atoms with E-state index in [-0.39, 0.29) is 0 Å². The summed E-state index contributed by atoms with van der Waals surface area (Å²) in [6.45, 7) is 7.78. The van der Waals surface area contributed by atoms with Crippen LogP contribution in [0.1, 0.15) is 33.6 Å². The van der Waals surface area contributed by atoms with Crippen molar-refractivity contribution >= 4 is 0 Å². The van der Waals surface area contributed by atoms with Crippen LogP contribution in [0, 0.1) is 5.92 Å². The average Bonchev–Trinajstić information content (AvgIpc) is 2.13. The van der Waals surface area contributed by atoms with E-state index in [0.717, 1.165) is 13.0 Å². The summed E-state index contributed by atoms with van der Waals surface area (Å²) >= 11 is 0. The Morgan fingerprint density at radius 1 is 1.14 bits per heavy atom. The smallest absolute Gasteiger partial charge is 0.0925 e. The molecule has 0 fully saturated rings. The molecule has 0 aliphatic rings. The van der Waals surface area contributed by atoms with Gasteiger partial charge in [-0.25, -0.2) is 0 Å². The van der Waals surface area contributed by atoms with E-state index < -0.39 is 12.2 Å². The average molecular weight is 203 g/mol. The van der Waals surface area contributed by atoms with Crippen molar-refractivity contribution in [3.05, 3.63) is 0 Å². The molecule has 14 heavy (non-hydrogen) atoms. The fourth-order valence-corrected chi connectivity index (χ4v) is 1.28. The summed E-state index contributed by atoms with van der Waals surface area (Å²) in [4.78, 5) is 2.07. The molecule has 0 aliphatic heterocycles. The largest absolute Gasteiger partial charge is 0.390 e. The first-order valence-electron chi connectivity index (χ1n) is 5.52. The third-order valence-electron chi connectivity index (χ3n) is 2.45. The van der Waals surface area contributed by atoms with Crippen molar-refractivity contribution in [2.75, 3.05) is 20.1 Å². The van der Waals surface area contributed by atoms with Gasteiger partial charge in [0.2, 0.25) is 0 Å². The molecular weight excluding hydrogens is 178 g/mol. The third-order valence-corrected chi connectivity index (χ3v) is 2.45. The topological polar surface area (TPSA) is 43.7 Å². The third kappa shape index (κ3) is 6.35. The van der Waals surface area contributed by atoms with E-state index in [0.29, 0.717) is 18.9 Å². The van der Waals surface area contributed by atoms with Crippen molar-refractivity contribution in [3.8, 4) is 0 Å². The van der Waals surface area contributed by atoms with E-state index in [1.807, 2.05) is 14.0 Å². The van der Waals surface area contributed by atoms with E-state index in [9.17, 15) is 10.2 Å². The molecule has 0 saturated heterocycles. The highest BCUT2D eigenvalue weighted by molar-refractivity contribution is 4.69. The molecule has 3 heteroatoms. The molecule has 0 radical (unpaired) electrons. The van der Waals surface area contributed by atoms with Crippen LogP contribution >= 0.6 is 0 Å². The van der Waals surface area contributed by atoms with Gasteiger partial charge >= 0.3 is 0 Å². The Balaban J connectivity index is 3.65. The first-order valence-corrected chi connectivity index (χ1v) is 5.52. The second kappa shape index (κ2) is 7.21. The molecule has 2 N–H and O–H groups in total. The van der Waals surface area contributed by atoms with E-state index in [4.69, 9.17) is 0 Å². The Morgan fingerprint density at radius 2 is 1.71 bits per heavy atom. The number of hydrogen-bond acceptors (Lipinski definition) is 3. The van der Waals surface area contributed by atoms with E-state index in [2.05, 4.69) is 18.7 Å². The van der Waals surface area contributed by atoms with Gasteiger partial charge in [-0.05, 0) is 32.4 Å².